The van der Waals surface area contributed by atoms with Gasteiger partial charge in [0.05, 0.1) is 15.2 Å². The zero-order chi connectivity index (χ0) is 10.3. The number of halogens is 1. The monoisotopic (exact) mass is 269 g/mol. The molecule has 0 aliphatic carbocycles. The van der Waals surface area contributed by atoms with Crippen LogP contribution in [0.25, 0.3) is 10.2 Å². The summed E-state index contributed by atoms with van der Waals surface area (Å²) in [5.41, 5.74) is 1.60. The fourth-order valence-corrected chi connectivity index (χ4v) is 2.96. The Morgan fingerprint density at radius 1 is 1.50 bits per heavy atom. The third kappa shape index (κ3) is 1.60. The average Bonchev–Trinajstić information content (AvgIpc) is 2.42. The van der Waals surface area contributed by atoms with Gasteiger partial charge in [-0.2, -0.15) is 0 Å². The smallest absolute Gasteiger partial charge is 0.161 e. The fourth-order valence-electron chi connectivity index (χ4n) is 1.33. The van der Waals surface area contributed by atoms with Crippen LogP contribution in [0.15, 0.2) is 16.6 Å². The SMILES string of the molecule is CC(=O)c1cc2nc(C)sc2cc1Br. The van der Waals surface area contributed by atoms with Crippen molar-refractivity contribution in [2.45, 2.75) is 13.8 Å². The van der Waals surface area contributed by atoms with Crippen LogP contribution in [0, 0.1) is 6.92 Å². The highest BCUT2D eigenvalue weighted by Crippen LogP contribution is 2.28. The summed E-state index contributed by atoms with van der Waals surface area (Å²) in [6, 6.07) is 3.79. The molecule has 0 fully saturated rings. The standard InChI is InChI=1S/C10H8BrNOS/c1-5(13)7-3-9-10(4-8(7)11)14-6(2)12-9/h3-4H,1-2H3. The number of aryl methyl sites for hydroxylation is 1. The van der Waals surface area contributed by atoms with Crippen LogP contribution in [0.1, 0.15) is 22.3 Å². The molecule has 1 aromatic heterocycles. The number of rotatable bonds is 1. The van der Waals surface area contributed by atoms with Crippen molar-refractivity contribution in [3.05, 3.63) is 27.2 Å². The lowest BCUT2D eigenvalue weighted by Crippen LogP contribution is -1.92. The number of nitrogens with zero attached hydrogens (tertiary/aromatic N) is 1. The van der Waals surface area contributed by atoms with Crippen LogP contribution in [0.5, 0.6) is 0 Å². The van der Waals surface area contributed by atoms with E-state index in [-0.39, 0.29) is 5.78 Å². The van der Waals surface area contributed by atoms with E-state index in [2.05, 4.69) is 20.9 Å². The second-order valence-corrected chi connectivity index (χ2v) is 5.18. The number of ketones is 1. The first-order valence-corrected chi connectivity index (χ1v) is 5.76. The van der Waals surface area contributed by atoms with Gasteiger partial charge in [0.1, 0.15) is 0 Å². The highest BCUT2D eigenvalue weighted by molar-refractivity contribution is 9.10. The highest BCUT2D eigenvalue weighted by Gasteiger charge is 2.09. The quantitative estimate of drug-likeness (QED) is 0.741. The Kier molecular flexibility index (Phi) is 2.41. The molecule has 0 aliphatic rings. The molecule has 1 aromatic carbocycles. The molecule has 0 atom stereocenters. The van der Waals surface area contributed by atoms with Gasteiger partial charge in [0.2, 0.25) is 0 Å². The fraction of sp³-hybridized carbons (Fsp3) is 0.200. The molecular formula is C10H8BrNOS. The van der Waals surface area contributed by atoms with E-state index in [0.717, 1.165) is 19.7 Å². The van der Waals surface area contributed by atoms with Crippen LogP contribution in [0.2, 0.25) is 0 Å². The van der Waals surface area contributed by atoms with Gasteiger partial charge < -0.3 is 0 Å². The minimum atomic E-state index is 0.0597. The van der Waals surface area contributed by atoms with Crippen molar-refractivity contribution in [1.82, 2.24) is 4.98 Å². The van der Waals surface area contributed by atoms with Gasteiger partial charge in [-0.05, 0) is 41.9 Å². The zero-order valence-electron chi connectivity index (χ0n) is 7.80. The molecule has 1 heterocycles. The predicted octanol–water partition coefficient (Wildman–Crippen LogP) is 3.57. The molecule has 2 aromatic rings. The highest BCUT2D eigenvalue weighted by atomic mass is 79.9. The first kappa shape index (κ1) is 9.80. The molecule has 0 radical (unpaired) electrons. The topological polar surface area (TPSA) is 30.0 Å². The maximum Gasteiger partial charge on any atom is 0.161 e. The van der Waals surface area contributed by atoms with Gasteiger partial charge >= 0.3 is 0 Å². The Morgan fingerprint density at radius 3 is 2.86 bits per heavy atom. The average molecular weight is 270 g/mol. The van der Waals surface area contributed by atoms with Crippen LogP contribution in [0.4, 0.5) is 0 Å². The normalized spacial score (nSPS) is 10.8. The second-order valence-electron chi connectivity index (χ2n) is 3.09. The summed E-state index contributed by atoms with van der Waals surface area (Å²) >= 11 is 5.02. The number of Topliss-reactive ketones (excluding diaryl/α,β-unsaturated/α-hetero) is 1. The van der Waals surface area contributed by atoms with Gasteiger partial charge in [0.15, 0.2) is 5.78 Å². The first-order chi connectivity index (χ1) is 6.58. The maximum absolute atomic E-state index is 11.3. The second kappa shape index (κ2) is 3.44. The lowest BCUT2D eigenvalue weighted by atomic mass is 10.1. The molecule has 4 heteroatoms. The molecule has 0 saturated carbocycles. The Morgan fingerprint density at radius 2 is 2.21 bits per heavy atom. The van der Waals surface area contributed by atoms with Crippen LogP contribution in [-0.2, 0) is 0 Å². The Hall–Kier alpha value is -0.740. The number of benzene rings is 1. The molecule has 2 nitrogen and oxygen atoms in total. The third-order valence-corrected chi connectivity index (χ3v) is 3.55. The first-order valence-electron chi connectivity index (χ1n) is 4.15. The summed E-state index contributed by atoms with van der Waals surface area (Å²) in [7, 11) is 0. The van der Waals surface area contributed by atoms with E-state index < -0.39 is 0 Å². The van der Waals surface area contributed by atoms with Crippen molar-refractivity contribution >= 4 is 43.3 Å². The number of hydrogen-bond acceptors (Lipinski definition) is 3. The molecule has 0 saturated heterocycles. The van der Waals surface area contributed by atoms with E-state index in [1.807, 2.05) is 19.1 Å². The van der Waals surface area contributed by atoms with Crippen molar-refractivity contribution in [2.75, 3.05) is 0 Å². The number of aromatic nitrogens is 1. The third-order valence-electron chi connectivity index (χ3n) is 1.96. The molecule has 0 N–H and O–H groups in total. The van der Waals surface area contributed by atoms with E-state index in [0.29, 0.717) is 5.56 Å². The van der Waals surface area contributed by atoms with Gasteiger partial charge in [-0.1, -0.05) is 0 Å². The lowest BCUT2D eigenvalue weighted by Gasteiger charge is -1.98. The molecule has 14 heavy (non-hydrogen) atoms. The van der Waals surface area contributed by atoms with Crippen molar-refractivity contribution in [3.8, 4) is 0 Å². The Balaban J connectivity index is 2.76. The Bertz CT molecular complexity index is 518. The largest absolute Gasteiger partial charge is 0.294 e. The van der Waals surface area contributed by atoms with Crippen LogP contribution in [-0.4, -0.2) is 10.8 Å². The van der Waals surface area contributed by atoms with Gasteiger partial charge in [0, 0.05) is 10.0 Å². The summed E-state index contributed by atoms with van der Waals surface area (Å²) in [5, 5.41) is 1.02. The van der Waals surface area contributed by atoms with Crippen molar-refractivity contribution in [1.29, 1.82) is 0 Å². The molecule has 0 unspecified atom stereocenters. The van der Waals surface area contributed by atoms with Crippen LogP contribution in [0.3, 0.4) is 0 Å². The van der Waals surface area contributed by atoms with E-state index >= 15 is 0 Å². The molecule has 0 amide bonds. The van der Waals surface area contributed by atoms with Crippen LogP contribution >= 0.6 is 27.3 Å². The maximum atomic E-state index is 11.3. The zero-order valence-corrected chi connectivity index (χ0v) is 10.2. The minimum Gasteiger partial charge on any atom is -0.294 e. The molecule has 2 rings (SSSR count). The van der Waals surface area contributed by atoms with E-state index in [1.54, 1.807) is 18.3 Å². The van der Waals surface area contributed by atoms with Crippen molar-refractivity contribution in [3.63, 3.8) is 0 Å². The van der Waals surface area contributed by atoms with Crippen molar-refractivity contribution < 1.29 is 4.79 Å². The van der Waals surface area contributed by atoms with E-state index in [9.17, 15) is 4.79 Å². The molecular weight excluding hydrogens is 262 g/mol. The van der Waals surface area contributed by atoms with Crippen molar-refractivity contribution in [2.24, 2.45) is 0 Å². The van der Waals surface area contributed by atoms with Gasteiger partial charge in [0.25, 0.3) is 0 Å². The number of thiazole rings is 1. The number of hydrogen-bond donors (Lipinski definition) is 0. The van der Waals surface area contributed by atoms with Gasteiger partial charge in [-0.15, -0.1) is 11.3 Å². The summed E-state index contributed by atoms with van der Waals surface area (Å²) < 4.78 is 1.96. The molecule has 0 bridgehead atoms. The number of fused-ring (bicyclic) bond motifs is 1. The summed E-state index contributed by atoms with van der Waals surface area (Å²) in [4.78, 5) is 15.6. The molecule has 72 valence electrons. The Labute approximate surface area is 94.1 Å². The van der Waals surface area contributed by atoms with E-state index in [1.165, 1.54) is 0 Å². The van der Waals surface area contributed by atoms with Gasteiger partial charge in [-0.25, -0.2) is 4.98 Å². The number of carbonyl (C=O) groups is 1. The summed E-state index contributed by atoms with van der Waals surface area (Å²) in [6.07, 6.45) is 0. The lowest BCUT2D eigenvalue weighted by molar-refractivity contribution is 0.101. The predicted molar refractivity (Wildman–Crippen MR) is 62.1 cm³/mol. The molecule has 0 aliphatic heterocycles. The van der Waals surface area contributed by atoms with Crippen LogP contribution < -0.4 is 0 Å². The number of carbonyl (C=O) groups excluding carboxylic acids is 1. The van der Waals surface area contributed by atoms with E-state index in [4.69, 9.17) is 0 Å². The van der Waals surface area contributed by atoms with Gasteiger partial charge in [-0.3, -0.25) is 4.79 Å². The summed E-state index contributed by atoms with van der Waals surface area (Å²) in [6.45, 7) is 3.52. The summed E-state index contributed by atoms with van der Waals surface area (Å²) in [5.74, 6) is 0.0597. The molecule has 0 spiro atoms. The minimum absolute atomic E-state index is 0.0597.